The van der Waals surface area contributed by atoms with E-state index in [2.05, 4.69) is 4.98 Å². The highest BCUT2D eigenvalue weighted by atomic mass is 35.5. The van der Waals surface area contributed by atoms with Gasteiger partial charge in [0.05, 0.1) is 4.92 Å². The average Bonchev–Trinajstić information content (AvgIpc) is 2.28. The Kier molecular flexibility index (Phi) is 3.24. The summed E-state index contributed by atoms with van der Waals surface area (Å²) in [4.78, 5) is 14.6. The zero-order chi connectivity index (χ0) is 12.4. The van der Waals surface area contributed by atoms with E-state index in [0.29, 0.717) is 11.9 Å². The van der Waals surface area contributed by atoms with E-state index in [1.807, 2.05) is 13.0 Å². The molecule has 5 heteroatoms. The smallest absolute Gasteiger partial charge is 0.258 e. The summed E-state index contributed by atoms with van der Waals surface area (Å²) < 4.78 is 0. The Labute approximate surface area is 103 Å². The van der Waals surface area contributed by atoms with Gasteiger partial charge in [-0.1, -0.05) is 12.1 Å². The van der Waals surface area contributed by atoms with Crippen molar-refractivity contribution in [1.29, 1.82) is 0 Å². The first-order valence-electron chi connectivity index (χ1n) is 5.24. The first-order chi connectivity index (χ1) is 8.09. The van der Waals surface area contributed by atoms with Crippen molar-refractivity contribution in [3.63, 3.8) is 0 Å². The molecule has 0 N–H and O–H groups in total. The molecule has 1 atom stereocenters. The number of nitrogens with zero attached hydrogens (tertiary/aromatic N) is 2. The van der Waals surface area contributed by atoms with Gasteiger partial charge < -0.3 is 0 Å². The van der Waals surface area contributed by atoms with E-state index in [1.54, 1.807) is 18.3 Å². The maximum absolute atomic E-state index is 10.9. The number of nitro benzene ring substituents is 1. The van der Waals surface area contributed by atoms with Crippen LogP contribution in [0.1, 0.15) is 12.5 Å². The molecule has 4 nitrogen and oxygen atoms in total. The van der Waals surface area contributed by atoms with Gasteiger partial charge in [0.25, 0.3) is 5.69 Å². The van der Waals surface area contributed by atoms with Crippen molar-refractivity contribution < 1.29 is 4.92 Å². The molecule has 0 aliphatic rings. The van der Waals surface area contributed by atoms with Crippen LogP contribution in [0.3, 0.4) is 0 Å². The lowest BCUT2D eigenvalue weighted by molar-refractivity contribution is -0.383. The van der Waals surface area contributed by atoms with Crippen molar-refractivity contribution in [2.75, 3.05) is 0 Å². The van der Waals surface area contributed by atoms with E-state index in [9.17, 15) is 10.1 Å². The monoisotopic (exact) mass is 250 g/mol. The van der Waals surface area contributed by atoms with Crippen molar-refractivity contribution >= 4 is 28.2 Å². The number of fused-ring (bicyclic) bond motifs is 1. The summed E-state index contributed by atoms with van der Waals surface area (Å²) >= 11 is 5.96. The first-order valence-corrected chi connectivity index (χ1v) is 5.68. The Hall–Kier alpha value is -1.68. The van der Waals surface area contributed by atoms with E-state index < -0.39 is 4.92 Å². The predicted octanol–water partition coefficient (Wildman–Crippen LogP) is 3.31. The Bertz CT molecular complexity index is 569. The van der Waals surface area contributed by atoms with Gasteiger partial charge in [0, 0.05) is 23.0 Å². The summed E-state index contributed by atoms with van der Waals surface area (Å²) in [5.74, 6) is 0. The normalized spacial score (nSPS) is 12.6. The summed E-state index contributed by atoms with van der Waals surface area (Å²) in [7, 11) is 0. The Morgan fingerprint density at radius 2 is 2.24 bits per heavy atom. The minimum atomic E-state index is -0.413. The second-order valence-electron chi connectivity index (χ2n) is 3.89. The summed E-state index contributed by atoms with van der Waals surface area (Å²) in [6.45, 7) is 1.89. The third kappa shape index (κ3) is 2.36. The molecule has 0 aliphatic heterocycles. The SMILES string of the molecule is CC(Cl)Cc1ccc([N+](=O)[O-])c2ncccc12. The van der Waals surface area contributed by atoms with Gasteiger partial charge in [0.2, 0.25) is 0 Å². The molecule has 0 spiro atoms. The van der Waals surface area contributed by atoms with Crippen molar-refractivity contribution in [2.24, 2.45) is 0 Å². The van der Waals surface area contributed by atoms with Crippen LogP contribution in [0.15, 0.2) is 30.5 Å². The lowest BCUT2D eigenvalue weighted by atomic mass is 10.0. The highest BCUT2D eigenvalue weighted by molar-refractivity contribution is 6.20. The molecule has 0 amide bonds. The molecule has 0 saturated carbocycles. The molecule has 17 heavy (non-hydrogen) atoms. The van der Waals surface area contributed by atoms with Crippen LogP contribution in [0.2, 0.25) is 0 Å². The number of pyridine rings is 1. The lowest BCUT2D eigenvalue weighted by Gasteiger charge is -2.07. The fourth-order valence-corrected chi connectivity index (χ4v) is 2.01. The lowest BCUT2D eigenvalue weighted by Crippen LogP contribution is -2.00. The van der Waals surface area contributed by atoms with E-state index in [4.69, 9.17) is 11.6 Å². The maximum Gasteiger partial charge on any atom is 0.295 e. The van der Waals surface area contributed by atoms with Crippen LogP contribution in [0, 0.1) is 10.1 Å². The van der Waals surface area contributed by atoms with Crippen molar-refractivity contribution in [3.8, 4) is 0 Å². The predicted molar refractivity (Wildman–Crippen MR) is 67.4 cm³/mol. The van der Waals surface area contributed by atoms with Crippen molar-refractivity contribution in [3.05, 3.63) is 46.1 Å². The van der Waals surface area contributed by atoms with Gasteiger partial charge in [-0.2, -0.15) is 0 Å². The molecular weight excluding hydrogens is 240 g/mol. The molecule has 0 saturated heterocycles. The van der Waals surface area contributed by atoms with Gasteiger partial charge in [-0.3, -0.25) is 10.1 Å². The number of non-ortho nitro benzene ring substituents is 1. The van der Waals surface area contributed by atoms with Gasteiger partial charge in [0.1, 0.15) is 5.52 Å². The molecule has 1 unspecified atom stereocenters. The molecule has 88 valence electrons. The van der Waals surface area contributed by atoms with E-state index in [1.165, 1.54) is 6.07 Å². The van der Waals surface area contributed by atoms with E-state index in [0.717, 1.165) is 10.9 Å². The van der Waals surface area contributed by atoms with Crippen LogP contribution < -0.4 is 0 Å². The number of aromatic nitrogens is 1. The van der Waals surface area contributed by atoms with Crippen LogP contribution >= 0.6 is 11.6 Å². The number of hydrogen-bond donors (Lipinski definition) is 0. The molecule has 0 fully saturated rings. The van der Waals surface area contributed by atoms with Gasteiger partial charge in [0.15, 0.2) is 0 Å². The molecule has 1 aromatic carbocycles. The van der Waals surface area contributed by atoms with E-state index >= 15 is 0 Å². The molecular formula is C12H11ClN2O2. The van der Waals surface area contributed by atoms with Crippen LogP contribution in [-0.4, -0.2) is 15.3 Å². The fraction of sp³-hybridized carbons (Fsp3) is 0.250. The third-order valence-corrected chi connectivity index (χ3v) is 2.69. The van der Waals surface area contributed by atoms with Crippen LogP contribution in [-0.2, 0) is 6.42 Å². The highest BCUT2D eigenvalue weighted by Gasteiger charge is 2.15. The number of rotatable bonds is 3. The standard InChI is InChI=1S/C12H11ClN2O2/c1-8(13)7-9-4-5-11(15(16)17)12-10(9)3-2-6-14-12/h2-6,8H,7H2,1H3. The third-order valence-electron chi connectivity index (χ3n) is 2.54. The fourth-order valence-electron chi connectivity index (χ4n) is 1.85. The zero-order valence-electron chi connectivity index (χ0n) is 9.26. The average molecular weight is 251 g/mol. The largest absolute Gasteiger partial charge is 0.295 e. The first kappa shape index (κ1) is 11.8. The summed E-state index contributed by atoms with van der Waals surface area (Å²) in [6, 6.07) is 6.85. The minimum absolute atomic E-state index is 0.0140. The topological polar surface area (TPSA) is 56.0 Å². The Morgan fingerprint density at radius 1 is 1.47 bits per heavy atom. The quantitative estimate of drug-likeness (QED) is 0.477. The Balaban J connectivity index is 2.66. The number of hydrogen-bond acceptors (Lipinski definition) is 3. The molecule has 0 aliphatic carbocycles. The second-order valence-corrected chi connectivity index (χ2v) is 4.63. The zero-order valence-corrected chi connectivity index (χ0v) is 10.0. The molecule has 2 aromatic rings. The van der Waals surface area contributed by atoms with Gasteiger partial charge in [-0.25, -0.2) is 4.98 Å². The molecule has 1 heterocycles. The summed E-state index contributed by atoms with van der Waals surface area (Å²) in [5, 5.41) is 11.7. The van der Waals surface area contributed by atoms with Gasteiger partial charge in [-0.15, -0.1) is 11.6 Å². The van der Waals surface area contributed by atoms with Crippen LogP contribution in [0.5, 0.6) is 0 Å². The number of alkyl halides is 1. The van der Waals surface area contributed by atoms with Crippen molar-refractivity contribution in [1.82, 2.24) is 4.98 Å². The van der Waals surface area contributed by atoms with Gasteiger partial charge >= 0.3 is 0 Å². The summed E-state index contributed by atoms with van der Waals surface area (Å²) in [5.41, 5.74) is 1.44. The van der Waals surface area contributed by atoms with Crippen molar-refractivity contribution in [2.45, 2.75) is 18.7 Å². The van der Waals surface area contributed by atoms with Gasteiger partial charge in [-0.05, 0) is 25.0 Å². The molecule has 0 radical (unpaired) electrons. The molecule has 2 rings (SSSR count). The minimum Gasteiger partial charge on any atom is -0.258 e. The number of halogens is 1. The Morgan fingerprint density at radius 3 is 2.88 bits per heavy atom. The number of nitro groups is 1. The summed E-state index contributed by atoms with van der Waals surface area (Å²) in [6.07, 6.45) is 2.23. The maximum atomic E-state index is 10.9. The van der Waals surface area contributed by atoms with Crippen LogP contribution in [0.4, 0.5) is 5.69 Å². The molecule has 0 bridgehead atoms. The van der Waals surface area contributed by atoms with Crippen LogP contribution in [0.25, 0.3) is 10.9 Å². The molecule has 1 aromatic heterocycles. The second kappa shape index (κ2) is 4.67. The highest BCUT2D eigenvalue weighted by Crippen LogP contribution is 2.27. The number of benzene rings is 1. The van der Waals surface area contributed by atoms with E-state index in [-0.39, 0.29) is 11.1 Å².